The molecular weight excluding hydrogens is 193 g/mol. The Morgan fingerprint density at radius 1 is 1.47 bits per heavy atom. The molecule has 15 heavy (non-hydrogen) atoms. The summed E-state index contributed by atoms with van der Waals surface area (Å²) in [5, 5.41) is 4.13. The number of aromatic nitrogens is 2. The molecule has 2 rings (SSSR count). The minimum atomic E-state index is -0.378. The van der Waals surface area contributed by atoms with Gasteiger partial charge in [0.15, 0.2) is 0 Å². The molecule has 0 bridgehead atoms. The fraction of sp³-hybridized carbons (Fsp3) is 0.182. The standard InChI is InChI=1S/C11H12FN3/c1-8-5-14-15(6-8)7-9-2-3-11(13)10(12)4-9/h2-6H,7,13H2,1H3. The Kier molecular flexibility index (Phi) is 2.41. The zero-order chi connectivity index (χ0) is 10.8. The number of nitrogens with two attached hydrogens (primary N) is 1. The SMILES string of the molecule is Cc1cnn(Cc2ccc(N)c(F)c2)c1. The maximum absolute atomic E-state index is 13.1. The van der Waals surface area contributed by atoms with Crippen LogP contribution in [0.25, 0.3) is 0 Å². The van der Waals surface area contributed by atoms with Gasteiger partial charge in [0.2, 0.25) is 0 Å². The van der Waals surface area contributed by atoms with Crippen LogP contribution < -0.4 is 5.73 Å². The molecule has 0 amide bonds. The second-order valence-corrected chi connectivity index (χ2v) is 3.57. The maximum atomic E-state index is 13.1. The van der Waals surface area contributed by atoms with Gasteiger partial charge in [0.1, 0.15) is 5.82 Å². The molecule has 2 aromatic rings. The molecule has 1 aromatic carbocycles. The van der Waals surface area contributed by atoms with Gasteiger partial charge in [0.05, 0.1) is 18.4 Å². The first-order valence-corrected chi connectivity index (χ1v) is 4.68. The average Bonchev–Trinajstić information content (AvgIpc) is 2.58. The van der Waals surface area contributed by atoms with Gasteiger partial charge in [-0.2, -0.15) is 5.10 Å². The lowest BCUT2D eigenvalue weighted by atomic mass is 10.2. The average molecular weight is 205 g/mol. The van der Waals surface area contributed by atoms with Crippen LogP contribution in [0.2, 0.25) is 0 Å². The van der Waals surface area contributed by atoms with Crippen molar-refractivity contribution in [3.05, 3.63) is 47.5 Å². The number of nitrogens with zero attached hydrogens (tertiary/aromatic N) is 2. The molecule has 4 heteroatoms. The van der Waals surface area contributed by atoms with E-state index in [-0.39, 0.29) is 11.5 Å². The molecule has 0 aliphatic heterocycles. The Morgan fingerprint density at radius 2 is 2.27 bits per heavy atom. The fourth-order valence-corrected chi connectivity index (χ4v) is 1.41. The monoisotopic (exact) mass is 205 g/mol. The molecule has 0 spiro atoms. The number of hydrogen-bond acceptors (Lipinski definition) is 2. The molecule has 78 valence electrons. The molecule has 0 saturated carbocycles. The van der Waals surface area contributed by atoms with E-state index in [0.717, 1.165) is 11.1 Å². The van der Waals surface area contributed by atoms with E-state index in [9.17, 15) is 4.39 Å². The van der Waals surface area contributed by atoms with E-state index in [1.807, 2.05) is 13.1 Å². The molecule has 1 aromatic heterocycles. The van der Waals surface area contributed by atoms with Crippen LogP contribution in [0.3, 0.4) is 0 Å². The first-order chi connectivity index (χ1) is 7.15. The van der Waals surface area contributed by atoms with Crippen LogP contribution >= 0.6 is 0 Å². The van der Waals surface area contributed by atoms with Gasteiger partial charge in [-0.05, 0) is 30.2 Å². The summed E-state index contributed by atoms with van der Waals surface area (Å²) in [6.45, 7) is 2.53. The second kappa shape index (κ2) is 3.73. The third kappa shape index (κ3) is 2.15. The summed E-state index contributed by atoms with van der Waals surface area (Å²) in [5.41, 5.74) is 7.51. The number of nitrogen functional groups attached to an aromatic ring is 1. The summed E-state index contributed by atoms with van der Waals surface area (Å²) in [6.07, 6.45) is 3.68. The number of rotatable bonds is 2. The summed E-state index contributed by atoms with van der Waals surface area (Å²) in [7, 11) is 0. The molecule has 0 unspecified atom stereocenters. The summed E-state index contributed by atoms with van der Waals surface area (Å²) in [5.74, 6) is -0.378. The van der Waals surface area contributed by atoms with Gasteiger partial charge in [0.25, 0.3) is 0 Å². The van der Waals surface area contributed by atoms with Crippen molar-refractivity contribution in [3.63, 3.8) is 0 Å². The van der Waals surface area contributed by atoms with Crippen molar-refractivity contribution in [3.8, 4) is 0 Å². The Labute approximate surface area is 87.3 Å². The van der Waals surface area contributed by atoms with Gasteiger partial charge in [-0.25, -0.2) is 4.39 Å². The molecule has 0 aliphatic rings. The number of benzene rings is 1. The van der Waals surface area contributed by atoms with E-state index in [1.54, 1.807) is 23.0 Å². The van der Waals surface area contributed by atoms with Gasteiger partial charge in [-0.15, -0.1) is 0 Å². The van der Waals surface area contributed by atoms with E-state index in [1.165, 1.54) is 6.07 Å². The highest BCUT2D eigenvalue weighted by atomic mass is 19.1. The van der Waals surface area contributed by atoms with Crippen LogP contribution in [0.1, 0.15) is 11.1 Å². The smallest absolute Gasteiger partial charge is 0.146 e. The lowest BCUT2D eigenvalue weighted by Gasteiger charge is -2.03. The minimum Gasteiger partial charge on any atom is -0.396 e. The van der Waals surface area contributed by atoms with Crippen LogP contribution in [0.5, 0.6) is 0 Å². The first kappa shape index (κ1) is 9.71. The van der Waals surface area contributed by atoms with E-state index in [0.29, 0.717) is 6.54 Å². The molecular formula is C11H12FN3. The molecule has 0 radical (unpaired) electrons. The molecule has 0 fully saturated rings. The molecule has 1 heterocycles. The van der Waals surface area contributed by atoms with E-state index >= 15 is 0 Å². The van der Waals surface area contributed by atoms with Gasteiger partial charge >= 0.3 is 0 Å². The molecule has 0 aliphatic carbocycles. The van der Waals surface area contributed by atoms with Crippen LogP contribution in [-0.2, 0) is 6.54 Å². The lowest BCUT2D eigenvalue weighted by Crippen LogP contribution is -2.01. The van der Waals surface area contributed by atoms with Crippen molar-refractivity contribution in [1.29, 1.82) is 0 Å². The zero-order valence-corrected chi connectivity index (χ0v) is 8.44. The van der Waals surface area contributed by atoms with Crippen molar-refractivity contribution in [2.75, 3.05) is 5.73 Å². The summed E-state index contributed by atoms with van der Waals surface area (Å²) in [4.78, 5) is 0. The topological polar surface area (TPSA) is 43.8 Å². The predicted molar refractivity (Wildman–Crippen MR) is 56.9 cm³/mol. The van der Waals surface area contributed by atoms with E-state index < -0.39 is 0 Å². The van der Waals surface area contributed by atoms with E-state index in [2.05, 4.69) is 5.10 Å². The summed E-state index contributed by atoms with van der Waals surface area (Å²) in [6, 6.07) is 4.81. The fourth-order valence-electron chi connectivity index (χ4n) is 1.41. The highest BCUT2D eigenvalue weighted by Crippen LogP contribution is 2.12. The Balaban J connectivity index is 2.21. The van der Waals surface area contributed by atoms with Crippen LogP contribution in [0.15, 0.2) is 30.6 Å². The summed E-state index contributed by atoms with van der Waals surface area (Å²) >= 11 is 0. The van der Waals surface area contributed by atoms with Crippen molar-refractivity contribution < 1.29 is 4.39 Å². The van der Waals surface area contributed by atoms with Crippen LogP contribution in [0, 0.1) is 12.7 Å². The Hall–Kier alpha value is -1.84. The highest BCUT2D eigenvalue weighted by molar-refractivity contribution is 5.41. The van der Waals surface area contributed by atoms with Gasteiger partial charge in [-0.3, -0.25) is 4.68 Å². The third-order valence-electron chi connectivity index (χ3n) is 2.17. The van der Waals surface area contributed by atoms with Crippen molar-refractivity contribution in [2.45, 2.75) is 13.5 Å². The normalized spacial score (nSPS) is 10.5. The van der Waals surface area contributed by atoms with Crippen LogP contribution in [0.4, 0.5) is 10.1 Å². The molecule has 0 saturated heterocycles. The molecule has 0 atom stereocenters. The quantitative estimate of drug-likeness (QED) is 0.761. The zero-order valence-electron chi connectivity index (χ0n) is 8.44. The highest BCUT2D eigenvalue weighted by Gasteiger charge is 2.01. The Morgan fingerprint density at radius 3 is 2.87 bits per heavy atom. The molecule has 2 N–H and O–H groups in total. The lowest BCUT2D eigenvalue weighted by molar-refractivity contribution is 0.623. The number of anilines is 1. The van der Waals surface area contributed by atoms with Crippen molar-refractivity contribution in [2.24, 2.45) is 0 Å². The first-order valence-electron chi connectivity index (χ1n) is 4.68. The van der Waals surface area contributed by atoms with Crippen molar-refractivity contribution in [1.82, 2.24) is 9.78 Å². The van der Waals surface area contributed by atoms with E-state index in [4.69, 9.17) is 5.73 Å². The summed E-state index contributed by atoms with van der Waals surface area (Å²) < 4.78 is 14.9. The molecule has 3 nitrogen and oxygen atoms in total. The number of halogens is 1. The number of aryl methyl sites for hydroxylation is 1. The van der Waals surface area contributed by atoms with Gasteiger partial charge in [0, 0.05) is 6.20 Å². The second-order valence-electron chi connectivity index (χ2n) is 3.57. The van der Waals surface area contributed by atoms with Crippen LogP contribution in [-0.4, -0.2) is 9.78 Å². The Bertz CT molecular complexity index is 476. The maximum Gasteiger partial charge on any atom is 0.146 e. The van der Waals surface area contributed by atoms with Crippen molar-refractivity contribution >= 4 is 5.69 Å². The largest absolute Gasteiger partial charge is 0.396 e. The minimum absolute atomic E-state index is 0.176. The third-order valence-corrected chi connectivity index (χ3v) is 2.17. The predicted octanol–water partition coefficient (Wildman–Crippen LogP) is 1.96. The van der Waals surface area contributed by atoms with Gasteiger partial charge in [-0.1, -0.05) is 6.07 Å². The number of hydrogen-bond donors (Lipinski definition) is 1. The van der Waals surface area contributed by atoms with Gasteiger partial charge < -0.3 is 5.73 Å².